The van der Waals surface area contributed by atoms with Crippen LogP contribution in [0.2, 0.25) is 0 Å². The molecule has 0 radical (unpaired) electrons. The summed E-state index contributed by atoms with van der Waals surface area (Å²) in [5.74, 6) is -0.543. The molecule has 1 aliphatic rings. The van der Waals surface area contributed by atoms with Gasteiger partial charge in [0.1, 0.15) is 12.3 Å². The van der Waals surface area contributed by atoms with Crippen molar-refractivity contribution in [1.82, 2.24) is 10.6 Å². The van der Waals surface area contributed by atoms with Gasteiger partial charge in [0.15, 0.2) is 0 Å². The molecule has 1 fully saturated rings. The maximum absolute atomic E-state index is 12.4. The van der Waals surface area contributed by atoms with E-state index < -0.39 is 29.9 Å². The van der Waals surface area contributed by atoms with Crippen LogP contribution in [0.4, 0.5) is 13.2 Å². The molecule has 4 nitrogen and oxygen atoms in total. The van der Waals surface area contributed by atoms with Crippen molar-refractivity contribution in [1.29, 1.82) is 0 Å². The molecule has 0 bridgehead atoms. The van der Waals surface area contributed by atoms with Gasteiger partial charge < -0.3 is 10.4 Å². The first-order valence-corrected chi connectivity index (χ1v) is 5.27. The van der Waals surface area contributed by atoms with Crippen LogP contribution in [0.1, 0.15) is 17.3 Å². The van der Waals surface area contributed by atoms with E-state index in [2.05, 4.69) is 10.6 Å². The molecule has 7 heteroatoms. The summed E-state index contributed by atoms with van der Waals surface area (Å²) in [6.45, 7) is 0.0670. The second kappa shape index (κ2) is 4.58. The first-order chi connectivity index (χ1) is 8.38. The van der Waals surface area contributed by atoms with Crippen molar-refractivity contribution in [2.75, 3.05) is 6.54 Å². The lowest BCUT2D eigenvalue weighted by molar-refractivity contribution is -0.137. The van der Waals surface area contributed by atoms with Crippen molar-refractivity contribution in [2.45, 2.75) is 18.4 Å². The van der Waals surface area contributed by atoms with Crippen molar-refractivity contribution >= 4 is 5.91 Å². The van der Waals surface area contributed by atoms with Crippen LogP contribution >= 0.6 is 0 Å². The van der Waals surface area contributed by atoms with Gasteiger partial charge in [-0.1, -0.05) is 12.1 Å². The number of aliphatic hydroxyl groups excluding tert-OH is 1. The molecular weight excluding hydrogens is 249 g/mol. The Balaban J connectivity index is 2.13. The molecule has 0 saturated carbocycles. The Morgan fingerprint density at radius 1 is 1.22 bits per heavy atom. The first kappa shape index (κ1) is 12.8. The number of β-amino-alcohol motifs (C(OH)–C–C–N with tert-alkyl or cyclic N) is 1. The molecule has 0 aliphatic carbocycles. The Bertz CT molecular complexity index is 445. The van der Waals surface area contributed by atoms with Crippen molar-refractivity contribution in [3.63, 3.8) is 0 Å². The lowest BCUT2D eigenvalue weighted by Crippen LogP contribution is -2.53. The molecule has 98 valence electrons. The molecule has 1 aliphatic heterocycles. The van der Waals surface area contributed by atoms with Crippen LogP contribution in [0.3, 0.4) is 0 Å². The average molecular weight is 260 g/mol. The highest BCUT2D eigenvalue weighted by Crippen LogP contribution is 2.29. The van der Waals surface area contributed by atoms with Gasteiger partial charge in [-0.15, -0.1) is 0 Å². The van der Waals surface area contributed by atoms with E-state index >= 15 is 0 Å². The molecule has 1 heterocycles. The third-order valence-corrected chi connectivity index (χ3v) is 2.68. The summed E-state index contributed by atoms with van der Waals surface area (Å²) < 4.78 is 37.1. The summed E-state index contributed by atoms with van der Waals surface area (Å²) in [6, 6.07) is 4.49. The normalized spacial score (nSPS) is 24.8. The maximum atomic E-state index is 12.4. The van der Waals surface area contributed by atoms with Crippen LogP contribution in [0, 0.1) is 0 Å². The fourth-order valence-electron chi connectivity index (χ4n) is 1.68. The van der Waals surface area contributed by atoms with Gasteiger partial charge in [-0.2, -0.15) is 13.2 Å². The molecule has 0 spiro atoms. The van der Waals surface area contributed by atoms with E-state index in [9.17, 15) is 18.0 Å². The van der Waals surface area contributed by atoms with Crippen LogP contribution in [-0.4, -0.2) is 23.7 Å². The fraction of sp³-hybridized carbons (Fsp3) is 0.364. The summed E-state index contributed by atoms with van der Waals surface area (Å²) in [5.41, 5.74) is -0.239. The lowest BCUT2D eigenvalue weighted by atomic mass is 10.1. The van der Waals surface area contributed by atoms with Crippen LogP contribution in [-0.2, 0) is 11.0 Å². The molecule has 1 aromatic rings. The molecule has 2 unspecified atom stereocenters. The number of halogens is 3. The highest BCUT2D eigenvalue weighted by Gasteiger charge is 2.31. The lowest BCUT2D eigenvalue weighted by Gasteiger charge is -2.28. The van der Waals surface area contributed by atoms with Crippen molar-refractivity contribution in [3.05, 3.63) is 35.4 Å². The predicted octanol–water partition coefficient (Wildman–Crippen LogP) is 0.784. The first-order valence-electron chi connectivity index (χ1n) is 5.27. The van der Waals surface area contributed by atoms with Gasteiger partial charge in [-0.05, 0) is 17.7 Å². The summed E-state index contributed by atoms with van der Waals surface area (Å²) in [6.07, 6.45) is -6.09. The minimum Gasteiger partial charge on any atom is -0.382 e. The third-order valence-electron chi connectivity index (χ3n) is 2.68. The minimum atomic E-state index is -4.38. The second-order valence-corrected chi connectivity index (χ2v) is 3.99. The van der Waals surface area contributed by atoms with Crippen LogP contribution in [0.5, 0.6) is 0 Å². The monoisotopic (exact) mass is 260 g/mol. The standard InChI is InChI=1S/C11H11F3N2O2/c12-11(13,14)7-3-1-6(2-4-7)9-15-5-8(17)10(18)16-9/h1-4,8-9,15,17H,5H2,(H,16,18). The van der Waals surface area contributed by atoms with E-state index in [1.165, 1.54) is 12.1 Å². The van der Waals surface area contributed by atoms with Gasteiger partial charge in [-0.25, -0.2) is 0 Å². The number of amides is 1. The van der Waals surface area contributed by atoms with E-state index in [0.29, 0.717) is 5.56 Å². The Hall–Kier alpha value is -1.60. The van der Waals surface area contributed by atoms with E-state index in [4.69, 9.17) is 5.11 Å². The SMILES string of the molecule is O=C1NC(c2ccc(C(F)(F)F)cc2)NCC1O. The summed E-state index contributed by atoms with van der Waals surface area (Å²) in [7, 11) is 0. The van der Waals surface area contributed by atoms with Gasteiger partial charge in [0.2, 0.25) is 0 Å². The van der Waals surface area contributed by atoms with Gasteiger partial charge in [0, 0.05) is 6.54 Å². The Kier molecular flexibility index (Phi) is 3.27. The number of carbonyl (C=O) groups is 1. The number of nitrogens with one attached hydrogen (secondary N) is 2. The molecule has 1 amide bonds. The highest BCUT2D eigenvalue weighted by atomic mass is 19.4. The van der Waals surface area contributed by atoms with E-state index in [-0.39, 0.29) is 6.54 Å². The number of hydrogen-bond donors (Lipinski definition) is 3. The number of alkyl halides is 3. The summed E-state index contributed by atoms with van der Waals surface area (Å²) in [4.78, 5) is 11.2. The van der Waals surface area contributed by atoms with Gasteiger partial charge in [-0.3, -0.25) is 10.1 Å². The number of benzene rings is 1. The number of aliphatic hydroxyl groups is 1. The summed E-state index contributed by atoms with van der Waals surface area (Å²) >= 11 is 0. The highest BCUT2D eigenvalue weighted by molar-refractivity contribution is 5.81. The topological polar surface area (TPSA) is 61.4 Å². The van der Waals surface area contributed by atoms with Crippen molar-refractivity contribution in [3.8, 4) is 0 Å². The fourth-order valence-corrected chi connectivity index (χ4v) is 1.68. The zero-order valence-electron chi connectivity index (χ0n) is 9.16. The number of carbonyl (C=O) groups excluding carboxylic acids is 1. The third kappa shape index (κ3) is 2.62. The number of hydrogen-bond acceptors (Lipinski definition) is 3. The maximum Gasteiger partial charge on any atom is 0.416 e. The molecule has 1 aromatic carbocycles. The van der Waals surface area contributed by atoms with Gasteiger partial charge >= 0.3 is 6.18 Å². The zero-order valence-corrected chi connectivity index (χ0v) is 9.16. The molecular formula is C11H11F3N2O2. The molecule has 2 rings (SSSR count). The molecule has 3 N–H and O–H groups in total. The molecule has 0 aromatic heterocycles. The van der Waals surface area contributed by atoms with Gasteiger partial charge in [0.05, 0.1) is 5.56 Å². The van der Waals surface area contributed by atoms with Crippen LogP contribution in [0.15, 0.2) is 24.3 Å². The van der Waals surface area contributed by atoms with Crippen molar-refractivity contribution < 1.29 is 23.1 Å². The summed E-state index contributed by atoms with van der Waals surface area (Å²) in [5, 5.41) is 14.4. The second-order valence-electron chi connectivity index (χ2n) is 3.99. The van der Waals surface area contributed by atoms with Crippen LogP contribution in [0.25, 0.3) is 0 Å². The Morgan fingerprint density at radius 2 is 1.83 bits per heavy atom. The van der Waals surface area contributed by atoms with Gasteiger partial charge in [0.25, 0.3) is 5.91 Å². The van der Waals surface area contributed by atoms with E-state index in [0.717, 1.165) is 12.1 Å². The Labute approximate surface area is 101 Å². The number of rotatable bonds is 1. The quantitative estimate of drug-likeness (QED) is 0.699. The Morgan fingerprint density at radius 3 is 2.33 bits per heavy atom. The molecule has 2 atom stereocenters. The average Bonchev–Trinajstić information content (AvgIpc) is 2.32. The van der Waals surface area contributed by atoms with E-state index in [1.807, 2.05) is 0 Å². The predicted molar refractivity (Wildman–Crippen MR) is 56.3 cm³/mol. The van der Waals surface area contributed by atoms with Crippen LogP contribution < -0.4 is 10.6 Å². The zero-order chi connectivity index (χ0) is 13.3. The minimum absolute atomic E-state index is 0.0670. The largest absolute Gasteiger partial charge is 0.416 e. The van der Waals surface area contributed by atoms with E-state index in [1.54, 1.807) is 0 Å². The van der Waals surface area contributed by atoms with Crippen molar-refractivity contribution in [2.24, 2.45) is 0 Å². The molecule has 18 heavy (non-hydrogen) atoms. The molecule has 1 saturated heterocycles. The smallest absolute Gasteiger partial charge is 0.382 e.